The van der Waals surface area contributed by atoms with E-state index in [0.29, 0.717) is 26.4 Å². The van der Waals surface area contributed by atoms with Gasteiger partial charge in [-0.15, -0.1) is 24.0 Å². The highest BCUT2D eigenvalue weighted by atomic mass is 127. The normalized spacial score (nSPS) is 13.8. The topological polar surface area (TPSA) is 67.4 Å². The molecule has 0 saturated heterocycles. The highest BCUT2D eigenvalue weighted by Crippen LogP contribution is 2.26. The number of benzene rings is 1. The third-order valence-electron chi connectivity index (χ3n) is 4.92. The number of ether oxygens (including phenoxy) is 3. The number of guanidine groups is 1. The van der Waals surface area contributed by atoms with Crippen LogP contribution in [0.15, 0.2) is 23.2 Å². The van der Waals surface area contributed by atoms with Crippen molar-refractivity contribution in [2.45, 2.75) is 39.3 Å². The Kier molecular flexibility index (Phi) is 14.1. The second kappa shape index (κ2) is 15.7. The lowest BCUT2D eigenvalue weighted by molar-refractivity contribution is 0.110. The third-order valence-corrected chi connectivity index (χ3v) is 4.92. The molecule has 1 aliphatic carbocycles. The molecule has 0 radical (unpaired) electrons. The van der Waals surface area contributed by atoms with Gasteiger partial charge in [0, 0.05) is 58.5 Å². The van der Waals surface area contributed by atoms with Crippen LogP contribution in [0.4, 0.5) is 0 Å². The molecule has 0 spiro atoms. The molecular formula is C22H39IN4O3. The van der Waals surface area contributed by atoms with Crippen LogP contribution in [0, 0.1) is 6.92 Å². The summed E-state index contributed by atoms with van der Waals surface area (Å²) in [6.45, 7) is 10.2. The molecule has 0 heterocycles. The first-order chi connectivity index (χ1) is 14.2. The molecule has 30 heavy (non-hydrogen) atoms. The van der Waals surface area contributed by atoms with Crippen molar-refractivity contribution in [1.29, 1.82) is 0 Å². The van der Waals surface area contributed by atoms with E-state index in [-0.39, 0.29) is 24.0 Å². The zero-order valence-electron chi connectivity index (χ0n) is 18.9. The highest BCUT2D eigenvalue weighted by molar-refractivity contribution is 14.0. The average molecular weight is 534 g/mol. The predicted octanol–water partition coefficient (Wildman–Crippen LogP) is 2.80. The summed E-state index contributed by atoms with van der Waals surface area (Å²) in [7, 11) is 3.56. The van der Waals surface area contributed by atoms with Gasteiger partial charge in [0.2, 0.25) is 0 Å². The number of aryl methyl sites for hydroxylation is 1. The number of nitrogens with one attached hydrogen (secondary N) is 2. The third kappa shape index (κ3) is 10.3. The molecule has 2 N–H and O–H groups in total. The van der Waals surface area contributed by atoms with Crippen LogP contribution in [0.2, 0.25) is 0 Å². The minimum absolute atomic E-state index is 0. The molecule has 1 aromatic rings. The summed E-state index contributed by atoms with van der Waals surface area (Å²) in [6, 6.07) is 7.01. The highest BCUT2D eigenvalue weighted by Gasteiger charge is 2.28. The maximum Gasteiger partial charge on any atom is 0.191 e. The van der Waals surface area contributed by atoms with E-state index in [1.54, 1.807) is 14.2 Å². The molecule has 1 aliphatic rings. The summed E-state index contributed by atoms with van der Waals surface area (Å²) < 4.78 is 16.5. The van der Waals surface area contributed by atoms with Gasteiger partial charge >= 0.3 is 0 Å². The van der Waals surface area contributed by atoms with Gasteiger partial charge in [0.15, 0.2) is 5.96 Å². The van der Waals surface area contributed by atoms with Crippen molar-refractivity contribution in [2.24, 2.45) is 4.99 Å². The van der Waals surface area contributed by atoms with Gasteiger partial charge in [-0.25, -0.2) is 0 Å². The number of hydrogen-bond donors (Lipinski definition) is 2. The van der Waals surface area contributed by atoms with E-state index in [0.717, 1.165) is 49.6 Å². The van der Waals surface area contributed by atoms with Gasteiger partial charge in [-0.3, -0.25) is 9.89 Å². The lowest BCUT2D eigenvalue weighted by Crippen LogP contribution is -2.42. The molecule has 0 aliphatic heterocycles. The molecule has 0 amide bonds. The fourth-order valence-electron chi connectivity index (χ4n) is 3.14. The van der Waals surface area contributed by atoms with Gasteiger partial charge in [-0.2, -0.15) is 0 Å². The average Bonchev–Trinajstić information content (AvgIpc) is 3.56. The Bertz CT molecular complexity index is 626. The second-order valence-corrected chi connectivity index (χ2v) is 7.27. The van der Waals surface area contributed by atoms with Crippen LogP contribution in [0.25, 0.3) is 0 Å². The number of nitrogens with zero attached hydrogens (tertiary/aromatic N) is 2. The number of methoxy groups -OCH3 is 1. The SMILES string of the molecule is CCOCCOc1cc(C)ccc1CNC(=NC)NCCN(CCOC)C1CC1.I. The molecule has 8 heteroatoms. The molecular weight excluding hydrogens is 495 g/mol. The fraction of sp³-hybridized carbons (Fsp3) is 0.682. The van der Waals surface area contributed by atoms with Gasteiger partial charge in [0.25, 0.3) is 0 Å². The van der Waals surface area contributed by atoms with Crippen LogP contribution in [0.5, 0.6) is 5.75 Å². The summed E-state index contributed by atoms with van der Waals surface area (Å²) >= 11 is 0. The summed E-state index contributed by atoms with van der Waals surface area (Å²) in [5.74, 6) is 1.69. The van der Waals surface area contributed by atoms with Crippen molar-refractivity contribution in [1.82, 2.24) is 15.5 Å². The van der Waals surface area contributed by atoms with E-state index in [4.69, 9.17) is 14.2 Å². The van der Waals surface area contributed by atoms with Crippen LogP contribution >= 0.6 is 24.0 Å². The van der Waals surface area contributed by atoms with Crippen molar-refractivity contribution in [3.05, 3.63) is 29.3 Å². The van der Waals surface area contributed by atoms with Crippen LogP contribution in [0.3, 0.4) is 0 Å². The van der Waals surface area contributed by atoms with Gasteiger partial charge < -0.3 is 24.8 Å². The summed E-state index contributed by atoms with van der Waals surface area (Å²) in [5, 5.41) is 6.81. The number of aliphatic imine (C=N–C) groups is 1. The van der Waals surface area contributed by atoms with Crippen molar-refractivity contribution >= 4 is 29.9 Å². The minimum Gasteiger partial charge on any atom is -0.491 e. The molecule has 2 rings (SSSR count). The van der Waals surface area contributed by atoms with Crippen molar-refractivity contribution < 1.29 is 14.2 Å². The summed E-state index contributed by atoms with van der Waals surface area (Å²) in [5.41, 5.74) is 2.29. The summed E-state index contributed by atoms with van der Waals surface area (Å²) in [4.78, 5) is 6.84. The lowest BCUT2D eigenvalue weighted by Gasteiger charge is -2.22. The maximum atomic E-state index is 5.93. The minimum atomic E-state index is 0. The summed E-state index contributed by atoms with van der Waals surface area (Å²) in [6.07, 6.45) is 2.60. The van der Waals surface area contributed by atoms with Gasteiger partial charge in [-0.1, -0.05) is 12.1 Å². The Labute approximate surface area is 199 Å². The first-order valence-electron chi connectivity index (χ1n) is 10.7. The molecule has 0 bridgehead atoms. The van der Waals surface area contributed by atoms with Gasteiger partial charge in [0.1, 0.15) is 12.4 Å². The maximum absolute atomic E-state index is 5.93. The van der Waals surface area contributed by atoms with Crippen LogP contribution in [-0.2, 0) is 16.0 Å². The first kappa shape index (κ1) is 26.9. The van der Waals surface area contributed by atoms with Gasteiger partial charge in [0.05, 0.1) is 13.2 Å². The number of rotatable bonds is 14. The molecule has 1 saturated carbocycles. The van der Waals surface area contributed by atoms with E-state index >= 15 is 0 Å². The van der Waals surface area contributed by atoms with E-state index in [1.807, 2.05) is 6.92 Å². The van der Waals surface area contributed by atoms with E-state index < -0.39 is 0 Å². The number of halogens is 1. The van der Waals surface area contributed by atoms with E-state index in [2.05, 4.69) is 45.6 Å². The molecule has 7 nitrogen and oxygen atoms in total. The molecule has 0 aromatic heterocycles. The Morgan fingerprint density at radius 1 is 1.17 bits per heavy atom. The Morgan fingerprint density at radius 2 is 1.97 bits per heavy atom. The zero-order valence-corrected chi connectivity index (χ0v) is 21.2. The molecule has 0 atom stereocenters. The molecule has 1 fully saturated rings. The smallest absolute Gasteiger partial charge is 0.191 e. The van der Waals surface area contributed by atoms with E-state index in [9.17, 15) is 0 Å². The van der Waals surface area contributed by atoms with Crippen molar-refractivity contribution in [2.75, 3.05) is 60.2 Å². The van der Waals surface area contributed by atoms with Crippen LogP contribution < -0.4 is 15.4 Å². The number of hydrogen-bond acceptors (Lipinski definition) is 5. The molecule has 172 valence electrons. The van der Waals surface area contributed by atoms with Crippen molar-refractivity contribution in [3.8, 4) is 5.75 Å². The Hall–Kier alpha value is -1.10. The largest absolute Gasteiger partial charge is 0.491 e. The molecule has 0 unspecified atom stereocenters. The lowest BCUT2D eigenvalue weighted by atomic mass is 10.1. The quantitative estimate of drug-likeness (QED) is 0.166. The standard InChI is InChI=1S/C22H38N4O3.HI/c1-5-28-14-15-29-21-16-18(2)6-7-19(21)17-25-22(23-3)24-10-11-26(12-13-27-4)20-8-9-20;/h6-7,16,20H,5,8-15,17H2,1-4H3,(H2,23,24,25);1H. The van der Waals surface area contributed by atoms with E-state index in [1.165, 1.54) is 18.4 Å². The second-order valence-electron chi connectivity index (χ2n) is 7.27. The zero-order chi connectivity index (χ0) is 20.9. The monoisotopic (exact) mass is 534 g/mol. The predicted molar refractivity (Wildman–Crippen MR) is 133 cm³/mol. The van der Waals surface area contributed by atoms with Gasteiger partial charge in [-0.05, 0) is 38.3 Å². The van der Waals surface area contributed by atoms with Crippen molar-refractivity contribution in [3.63, 3.8) is 0 Å². The fourth-order valence-corrected chi connectivity index (χ4v) is 3.14. The molecule has 1 aromatic carbocycles. The Morgan fingerprint density at radius 3 is 2.63 bits per heavy atom. The Balaban J connectivity index is 0.00000450. The van der Waals surface area contributed by atoms with Crippen LogP contribution in [-0.4, -0.2) is 77.1 Å². The van der Waals surface area contributed by atoms with Crippen LogP contribution in [0.1, 0.15) is 30.9 Å². The first-order valence-corrected chi connectivity index (χ1v) is 10.7.